The summed E-state index contributed by atoms with van der Waals surface area (Å²) in [6, 6.07) is 3.79. The van der Waals surface area contributed by atoms with E-state index in [9.17, 15) is 12.8 Å². The van der Waals surface area contributed by atoms with Gasteiger partial charge in [0.25, 0.3) is 0 Å². The lowest BCUT2D eigenvalue weighted by Crippen LogP contribution is -2.41. The molecule has 1 aliphatic rings. The Bertz CT molecular complexity index is 614. The summed E-state index contributed by atoms with van der Waals surface area (Å²) in [6.45, 7) is 4.51. The van der Waals surface area contributed by atoms with E-state index >= 15 is 0 Å². The third kappa shape index (κ3) is 3.62. The van der Waals surface area contributed by atoms with Crippen molar-refractivity contribution >= 4 is 10.0 Å². The Morgan fingerprint density at radius 2 is 2.10 bits per heavy atom. The van der Waals surface area contributed by atoms with E-state index in [1.54, 1.807) is 7.05 Å². The molecule has 0 amide bonds. The summed E-state index contributed by atoms with van der Waals surface area (Å²) in [6.07, 6.45) is 2.82. The molecular weight excluding hydrogens is 291 g/mol. The van der Waals surface area contributed by atoms with Crippen LogP contribution in [0.4, 0.5) is 4.39 Å². The van der Waals surface area contributed by atoms with Crippen LogP contribution in [0.5, 0.6) is 0 Å². The van der Waals surface area contributed by atoms with E-state index in [-0.39, 0.29) is 16.4 Å². The summed E-state index contributed by atoms with van der Waals surface area (Å²) in [5, 5.41) is 2.91. The maximum absolute atomic E-state index is 13.5. The van der Waals surface area contributed by atoms with Crippen LogP contribution in [-0.2, 0) is 16.6 Å². The Morgan fingerprint density at radius 1 is 1.38 bits per heavy atom. The summed E-state index contributed by atoms with van der Waals surface area (Å²) in [4.78, 5) is 0.0274. The minimum absolute atomic E-state index is 0.0274. The highest BCUT2D eigenvalue weighted by Gasteiger charge is 2.37. The van der Waals surface area contributed by atoms with Crippen LogP contribution in [-0.4, -0.2) is 21.5 Å². The van der Waals surface area contributed by atoms with Crippen molar-refractivity contribution in [3.8, 4) is 0 Å². The molecule has 0 aliphatic heterocycles. The second-order valence-corrected chi connectivity index (χ2v) is 8.02. The van der Waals surface area contributed by atoms with E-state index in [4.69, 9.17) is 0 Å². The van der Waals surface area contributed by atoms with Crippen LogP contribution in [0.3, 0.4) is 0 Å². The first kappa shape index (κ1) is 16.4. The highest BCUT2D eigenvalue weighted by molar-refractivity contribution is 7.89. The third-order valence-electron chi connectivity index (χ3n) is 4.24. The first-order valence-electron chi connectivity index (χ1n) is 7.21. The number of nitrogens with one attached hydrogen (secondary N) is 2. The van der Waals surface area contributed by atoms with Gasteiger partial charge in [-0.3, -0.25) is 0 Å². The molecule has 1 unspecified atom stereocenters. The molecule has 2 N–H and O–H groups in total. The van der Waals surface area contributed by atoms with Gasteiger partial charge < -0.3 is 5.32 Å². The second-order valence-electron chi connectivity index (χ2n) is 6.34. The van der Waals surface area contributed by atoms with Gasteiger partial charge in [-0.05, 0) is 43.0 Å². The van der Waals surface area contributed by atoms with Crippen molar-refractivity contribution in [1.29, 1.82) is 0 Å². The Morgan fingerprint density at radius 3 is 2.67 bits per heavy atom. The lowest BCUT2D eigenvalue weighted by atomic mass is 9.88. The van der Waals surface area contributed by atoms with Gasteiger partial charge in [-0.15, -0.1) is 0 Å². The SMILES string of the molecule is CNCc1ccc(F)cc1S(=O)(=O)NC1CCCC1(C)C. The van der Waals surface area contributed by atoms with Crippen LogP contribution >= 0.6 is 0 Å². The molecule has 2 rings (SSSR count). The second kappa shape index (κ2) is 6.02. The fourth-order valence-corrected chi connectivity index (χ4v) is 4.60. The lowest BCUT2D eigenvalue weighted by Gasteiger charge is -2.28. The summed E-state index contributed by atoms with van der Waals surface area (Å²) in [7, 11) is -1.99. The number of sulfonamides is 1. The topological polar surface area (TPSA) is 58.2 Å². The fraction of sp³-hybridized carbons (Fsp3) is 0.600. The molecule has 1 saturated carbocycles. The summed E-state index contributed by atoms with van der Waals surface area (Å²) in [5.41, 5.74) is 0.506. The minimum Gasteiger partial charge on any atom is -0.316 e. The maximum atomic E-state index is 13.5. The molecule has 1 atom stereocenters. The molecule has 1 aliphatic carbocycles. The Balaban J connectivity index is 2.33. The van der Waals surface area contributed by atoms with Crippen LogP contribution in [0.15, 0.2) is 23.1 Å². The molecule has 0 aromatic heterocycles. The van der Waals surface area contributed by atoms with Gasteiger partial charge in [0, 0.05) is 12.6 Å². The average Bonchev–Trinajstić information content (AvgIpc) is 2.70. The quantitative estimate of drug-likeness (QED) is 0.877. The van der Waals surface area contributed by atoms with Crippen LogP contribution in [0.1, 0.15) is 38.7 Å². The predicted octanol–water partition coefficient (Wildman–Crippen LogP) is 2.40. The first-order valence-corrected chi connectivity index (χ1v) is 8.70. The zero-order valence-electron chi connectivity index (χ0n) is 12.7. The molecule has 6 heteroatoms. The third-order valence-corrected chi connectivity index (χ3v) is 5.79. The predicted molar refractivity (Wildman–Crippen MR) is 80.9 cm³/mol. The van der Waals surface area contributed by atoms with Crippen molar-refractivity contribution in [3.05, 3.63) is 29.6 Å². The van der Waals surface area contributed by atoms with Crippen LogP contribution in [0.25, 0.3) is 0 Å². The van der Waals surface area contributed by atoms with Gasteiger partial charge in [0.2, 0.25) is 10.0 Å². The van der Waals surface area contributed by atoms with E-state index in [1.165, 1.54) is 12.1 Å². The number of benzene rings is 1. The van der Waals surface area contributed by atoms with E-state index < -0.39 is 15.8 Å². The number of hydrogen-bond donors (Lipinski definition) is 2. The summed E-state index contributed by atoms with van der Waals surface area (Å²) in [5.74, 6) is -0.541. The normalized spacial score (nSPS) is 21.6. The summed E-state index contributed by atoms with van der Waals surface area (Å²) >= 11 is 0. The molecule has 0 heterocycles. The molecule has 0 spiro atoms. The highest BCUT2D eigenvalue weighted by atomic mass is 32.2. The van der Waals surface area contributed by atoms with Gasteiger partial charge >= 0.3 is 0 Å². The van der Waals surface area contributed by atoms with Gasteiger partial charge in [0.1, 0.15) is 5.82 Å². The van der Waals surface area contributed by atoms with Gasteiger partial charge in [-0.25, -0.2) is 17.5 Å². The highest BCUT2D eigenvalue weighted by Crippen LogP contribution is 2.38. The van der Waals surface area contributed by atoms with Crippen LogP contribution in [0.2, 0.25) is 0 Å². The van der Waals surface area contributed by atoms with Crippen molar-refractivity contribution < 1.29 is 12.8 Å². The minimum atomic E-state index is -3.72. The standard InChI is InChI=1S/C15H23FN2O2S/c1-15(2)8-4-5-14(15)18-21(19,20)13-9-12(16)7-6-11(13)10-17-3/h6-7,9,14,17-18H,4-5,8,10H2,1-3H3. The number of hydrogen-bond acceptors (Lipinski definition) is 3. The van der Waals surface area contributed by atoms with Crippen LogP contribution < -0.4 is 10.0 Å². The van der Waals surface area contributed by atoms with Crippen molar-refractivity contribution in [2.75, 3.05) is 7.05 Å². The first-order chi connectivity index (χ1) is 9.76. The molecule has 118 valence electrons. The van der Waals surface area contributed by atoms with Gasteiger partial charge in [0.15, 0.2) is 0 Å². The zero-order chi connectivity index (χ0) is 15.7. The lowest BCUT2D eigenvalue weighted by molar-refractivity contribution is 0.313. The van der Waals surface area contributed by atoms with Crippen molar-refractivity contribution in [2.45, 2.75) is 50.6 Å². The molecule has 1 aromatic rings. The zero-order valence-corrected chi connectivity index (χ0v) is 13.6. The fourth-order valence-electron chi connectivity index (χ4n) is 2.91. The Kier molecular flexibility index (Phi) is 4.70. The van der Waals surface area contributed by atoms with Gasteiger partial charge in [0.05, 0.1) is 4.90 Å². The molecule has 0 bridgehead atoms. The molecule has 21 heavy (non-hydrogen) atoms. The monoisotopic (exact) mass is 314 g/mol. The Labute approximate surface area is 126 Å². The molecule has 1 aromatic carbocycles. The van der Waals surface area contributed by atoms with Crippen LogP contribution in [0, 0.1) is 11.2 Å². The van der Waals surface area contributed by atoms with Crippen molar-refractivity contribution in [2.24, 2.45) is 5.41 Å². The average molecular weight is 314 g/mol. The van der Waals surface area contributed by atoms with Crippen molar-refractivity contribution in [3.63, 3.8) is 0 Å². The van der Waals surface area contributed by atoms with E-state index in [0.717, 1.165) is 25.3 Å². The largest absolute Gasteiger partial charge is 0.316 e. The summed E-state index contributed by atoms with van der Waals surface area (Å²) < 4.78 is 41.5. The van der Waals surface area contributed by atoms with Gasteiger partial charge in [-0.1, -0.05) is 26.3 Å². The Hall–Kier alpha value is -0.980. The molecule has 4 nitrogen and oxygen atoms in total. The van der Waals surface area contributed by atoms with E-state index in [0.29, 0.717) is 12.1 Å². The smallest absolute Gasteiger partial charge is 0.241 e. The van der Waals surface area contributed by atoms with Crippen molar-refractivity contribution in [1.82, 2.24) is 10.0 Å². The van der Waals surface area contributed by atoms with Gasteiger partial charge in [-0.2, -0.15) is 0 Å². The molecule has 0 radical (unpaired) electrons. The van der Waals surface area contributed by atoms with E-state index in [1.807, 2.05) is 0 Å². The maximum Gasteiger partial charge on any atom is 0.241 e. The number of rotatable bonds is 5. The molecule has 0 saturated heterocycles. The molecular formula is C15H23FN2O2S. The molecule has 1 fully saturated rings. The number of halogens is 1. The van der Waals surface area contributed by atoms with E-state index in [2.05, 4.69) is 23.9 Å².